The molecule has 1 aliphatic carbocycles. The van der Waals surface area contributed by atoms with Crippen molar-refractivity contribution in [3.63, 3.8) is 0 Å². The number of nitrogens with zero attached hydrogens (tertiary/aromatic N) is 4. The zero-order valence-corrected chi connectivity index (χ0v) is 19.0. The highest BCUT2D eigenvalue weighted by molar-refractivity contribution is 7.99. The van der Waals surface area contributed by atoms with E-state index in [2.05, 4.69) is 20.9 Å². The molecule has 1 saturated heterocycles. The van der Waals surface area contributed by atoms with E-state index in [4.69, 9.17) is 0 Å². The van der Waals surface area contributed by atoms with Crippen LogP contribution in [0.4, 0.5) is 9.18 Å². The van der Waals surface area contributed by atoms with Crippen LogP contribution in [0.3, 0.4) is 0 Å². The average Bonchev–Trinajstić information content (AvgIpc) is 3.55. The van der Waals surface area contributed by atoms with E-state index in [1.807, 2.05) is 10.6 Å². The molecule has 0 bridgehead atoms. The van der Waals surface area contributed by atoms with Crippen molar-refractivity contribution >= 4 is 29.6 Å². The molecule has 2 aromatic carbocycles. The number of rotatable bonds is 7. The molecular weight excluding hydrogens is 459 g/mol. The first kappa shape index (κ1) is 22.1. The smallest absolute Gasteiger partial charge is 0.318 e. The standard InChI is InChI=1S/C23H21FN6O3S/c1-23(14-7-3-2-4-8-14)20(32)30(21(33)25-23)28-18(31)13-34-22-27-26-19(29(22)15-11-12-15)16-9-5-6-10-17(16)24/h2-10,15H,11-13H2,1H3,(H,25,33)(H,28,31)/t23-/m1/s1. The van der Waals surface area contributed by atoms with Crippen LogP contribution in [-0.4, -0.2) is 43.4 Å². The molecule has 1 aromatic heterocycles. The summed E-state index contributed by atoms with van der Waals surface area (Å²) in [6.07, 6.45) is 1.83. The summed E-state index contributed by atoms with van der Waals surface area (Å²) in [4.78, 5) is 38.0. The van der Waals surface area contributed by atoms with Gasteiger partial charge in [-0.3, -0.25) is 19.6 Å². The van der Waals surface area contributed by atoms with Crippen LogP contribution < -0.4 is 10.7 Å². The Labute approximate surface area is 198 Å². The number of hydrogen-bond donors (Lipinski definition) is 2. The maximum atomic E-state index is 14.3. The lowest BCUT2D eigenvalue weighted by Crippen LogP contribution is -2.48. The fraction of sp³-hybridized carbons (Fsp3) is 0.261. The maximum absolute atomic E-state index is 14.3. The molecule has 4 amide bonds. The predicted octanol–water partition coefficient (Wildman–Crippen LogP) is 3.01. The van der Waals surface area contributed by atoms with E-state index in [0.29, 0.717) is 27.1 Å². The fourth-order valence-corrected chi connectivity index (χ4v) is 4.66. The second kappa shape index (κ2) is 8.56. The highest BCUT2D eigenvalue weighted by Crippen LogP contribution is 2.41. The number of aromatic nitrogens is 3. The van der Waals surface area contributed by atoms with Crippen molar-refractivity contribution in [2.24, 2.45) is 0 Å². The van der Waals surface area contributed by atoms with Gasteiger partial charge in [0.15, 0.2) is 11.0 Å². The topological polar surface area (TPSA) is 109 Å². The quantitative estimate of drug-likeness (QED) is 0.398. The Morgan fingerprint density at radius 2 is 1.85 bits per heavy atom. The highest BCUT2D eigenvalue weighted by atomic mass is 32.2. The second-order valence-electron chi connectivity index (χ2n) is 8.27. The van der Waals surface area contributed by atoms with Gasteiger partial charge in [0.25, 0.3) is 5.91 Å². The van der Waals surface area contributed by atoms with E-state index in [9.17, 15) is 18.8 Å². The highest BCUT2D eigenvalue weighted by Gasteiger charge is 2.50. The maximum Gasteiger partial charge on any atom is 0.344 e. The molecule has 2 aliphatic rings. The van der Waals surface area contributed by atoms with Gasteiger partial charge in [-0.2, -0.15) is 5.01 Å². The number of nitrogens with one attached hydrogen (secondary N) is 2. The Bertz CT molecular complexity index is 1280. The van der Waals surface area contributed by atoms with Gasteiger partial charge >= 0.3 is 6.03 Å². The first-order valence-corrected chi connectivity index (χ1v) is 11.7. The average molecular weight is 481 g/mol. The zero-order chi connectivity index (χ0) is 23.9. The lowest BCUT2D eigenvalue weighted by atomic mass is 9.92. The van der Waals surface area contributed by atoms with E-state index < -0.39 is 29.2 Å². The zero-order valence-electron chi connectivity index (χ0n) is 18.2. The Morgan fingerprint density at radius 1 is 1.15 bits per heavy atom. The Balaban J connectivity index is 1.28. The summed E-state index contributed by atoms with van der Waals surface area (Å²) >= 11 is 1.11. The van der Waals surface area contributed by atoms with Crippen molar-refractivity contribution in [2.45, 2.75) is 36.5 Å². The minimum Gasteiger partial charge on any atom is -0.318 e. The third-order valence-corrected chi connectivity index (χ3v) is 6.75. The lowest BCUT2D eigenvalue weighted by molar-refractivity contribution is -0.138. The molecule has 0 unspecified atom stereocenters. The van der Waals surface area contributed by atoms with Crippen molar-refractivity contribution in [3.8, 4) is 11.4 Å². The van der Waals surface area contributed by atoms with E-state index in [1.54, 1.807) is 49.4 Å². The fourth-order valence-electron chi connectivity index (χ4n) is 3.86. The summed E-state index contributed by atoms with van der Waals surface area (Å²) in [6, 6.07) is 14.6. The number of benzene rings is 2. The van der Waals surface area contributed by atoms with Gasteiger partial charge in [0, 0.05) is 6.04 Å². The van der Waals surface area contributed by atoms with Gasteiger partial charge < -0.3 is 5.32 Å². The first-order valence-electron chi connectivity index (χ1n) is 10.7. The largest absolute Gasteiger partial charge is 0.344 e. The van der Waals surface area contributed by atoms with Gasteiger partial charge in [-0.05, 0) is 37.5 Å². The number of imide groups is 1. The van der Waals surface area contributed by atoms with Crippen LogP contribution in [0.1, 0.15) is 31.4 Å². The van der Waals surface area contributed by atoms with E-state index in [1.165, 1.54) is 6.07 Å². The third-order valence-electron chi connectivity index (χ3n) is 5.80. The minimum absolute atomic E-state index is 0.110. The molecule has 1 saturated carbocycles. The summed E-state index contributed by atoms with van der Waals surface area (Å²) in [5, 5.41) is 12.1. The summed E-state index contributed by atoms with van der Waals surface area (Å²) in [5.74, 6) is -1.22. The molecule has 5 rings (SSSR count). The van der Waals surface area contributed by atoms with E-state index >= 15 is 0 Å². The van der Waals surface area contributed by atoms with Crippen molar-refractivity contribution in [1.82, 2.24) is 30.5 Å². The predicted molar refractivity (Wildman–Crippen MR) is 122 cm³/mol. The van der Waals surface area contributed by atoms with Gasteiger partial charge in [0.05, 0.1) is 11.3 Å². The molecule has 2 N–H and O–H groups in total. The number of carbonyl (C=O) groups excluding carboxylic acids is 3. The number of thioether (sulfide) groups is 1. The van der Waals surface area contributed by atoms with Crippen LogP contribution in [0.5, 0.6) is 0 Å². The van der Waals surface area contributed by atoms with E-state index in [0.717, 1.165) is 24.6 Å². The number of hydrazine groups is 1. The summed E-state index contributed by atoms with van der Waals surface area (Å²) in [6.45, 7) is 1.59. The molecule has 174 valence electrons. The number of urea groups is 1. The van der Waals surface area contributed by atoms with Gasteiger partial charge in [-0.1, -0.05) is 54.2 Å². The third kappa shape index (κ3) is 3.92. The van der Waals surface area contributed by atoms with Crippen molar-refractivity contribution in [1.29, 1.82) is 0 Å². The van der Waals surface area contributed by atoms with Gasteiger partial charge in [0.2, 0.25) is 5.91 Å². The van der Waals surface area contributed by atoms with Gasteiger partial charge in [-0.15, -0.1) is 10.2 Å². The minimum atomic E-state index is -1.28. The van der Waals surface area contributed by atoms with Crippen molar-refractivity contribution < 1.29 is 18.8 Å². The van der Waals surface area contributed by atoms with Crippen LogP contribution in [0, 0.1) is 5.82 Å². The Morgan fingerprint density at radius 3 is 2.56 bits per heavy atom. The van der Waals surface area contributed by atoms with Crippen LogP contribution >= 0.6 is 11.8 Å². The molecule has 34 heavy (non-hydrogen) atoms. The van der Waals surface area contributed by atoms with Crippen molar-refractivity contribution in [3.05, 3.63) is 66.0 Å². The molecule has 3 aromatic rings. The molecule has 9 nitrogen and oxygen atoms in total. The molecule has 1 aliphatic heterocycles. The van der Waals surface area contributed by atoms with Crippen LogP contribution in [0.15, 0.2) is 59.8 Å². The Hall–Kier alpha value is -3.73. The summed E-state index contributed by atoms with van der Waals surface area (Å²) < 4.78 is 16.2. The number of amides is 4. The number of carbonyl (C=O) groups is 3. The summed E-state index contributed by atoms with van der Waals surface area (Å²) in [7, 11) is 0. The number of halogens is 1. The molecule has 1 atom stereocenters. The molecule has 11 heteroatoms. The van der Waals surface area contributed by atoms with Gasteiger partial charge in [0.1, 0.15) is 11.4 Å². The Kier molecular flexibility index (Phi) is 5.56. The van der Waals surface area contributed by atoms with Gasteiger partial charge in [-0.25, -0.2) is 9.18 Å². The molecular formula is C23H21FN6O3S. The SMILES string of the molecule is C[C@]1(c2ccccc2)NC(=O)N(NC(=O)CSc2nnc(-c3ccccc3F)n2C2CC2)C1=O. The normalized spacial score (nSPS) is 19.9. The lowest BCUT2D eigenvalue weighted by Gasteiger charge is -2.22. The monoisotopic (exact) mass is 480 g/mol. The number of hydrogen-bond acceptors (Lipinski definition) is 6. The van der Waals surface area contributed by atoms with Crippen molar-refractivity contribution in [2.75, 3.05) is 5.75 Å². The molecule has 0 spiro atoms. The second-order valence-corrected chi connectivity index (χ2v) is 9.22. The molecule has 2 fully saturated rings. The molecule has 0 radical (unpaired) electrons. The first-order chi connectivity index (χ1) is 16.4. The molecule has 2 heterocycles. The van der Waals surface area contributed by atoms with Crippen LogP contribution in [-0.2, 0) is 15.1 Å². The van der Waals surface area contributed by atoms with Crippen LogP contribution in [0.25, 0.3) is 11.4 Å². The van der Waals surface area contributed by atoms with E-state index in [-0.39, 0.29) is 11.8 Å². The summed E-state index contributed by atoms with van der Waals surface area (Å²) in [5.41, 5.74) is 2.06. The van der Waals surface area contributed by atoms with Crippen LogP contribution in [0.2, 0.25) is 0 Å².